The van der Waals surface area contributed by atoms with Gasteiger partial charge in [-0.05, 0) is 26.2 Å². The van der Waals surface area contributed by atoms with Crippen molar-refractivity contribution >= 4 is 11.8 Å². The van der Waals surface area contributed by atoms with Gasteiger partial charge in [0, 0.05) is 24.9 Å². The molecule has 0 saturated heterocycles. The number of carbonyl (C=O) groups excluding carboxylic acids is 2. The van der Waals surface area contributed by atoms with Crippen LogP contribution in [0.5, 0.6) is 0 Å². The van der Waals surface area contributed by atoms with Crippen LogP contribution in [0.2, 0.25) is 0 Å². The summed E-state index contributed by atoms with van der Waals surface area (Å²) in [5.41, 5.74) is 0. The van der Waals surface area contributed by atoms with Gasteiger partial charge < -0.3 is 10.6 Å². The van der Waals surface area contributed by atoms with E-state index in [9.17, 15) is 9.59 Å². The Kier molecular flexibility index (Phi) is 6.01. The van der Waals surface area contributed by atoms with Crippen LogP contribution >= 0.6 is 0 Å². The molecule has 17 heavy (non-hydrogen) atoms. The van der Waals surface area contributed by atoms with Crippen molar-refractivity contribution in [2.75, 3.05) is 6.54 Å². The third kappa shape index (κ3) is 5.20. The van der Waals surface area contributed by atoms with Gasteiger partial charge in [0.1, 0.15) is 0 Å². The summed E-state index contributed by atoms with van der Waals surface area (Å²) >= 11 is 0. The highest BCUT2D eigenvalue weighted by atomic mass is 16.2. The van der Waals surface area contributed by atoms with E-state index in [4.69, 9.17) is 0 Å². The van der Waals surface area contributed by atoms with Gasteiger partial charge in [-0.2, -0.15) is 0 Å². The summed E-state index contributed by atoms with van der Waals surface area (Å²) in [6.07, 6.45) is 5.64. The Hall–Kier alpha value is -1.06. The highest BCUT2D eigenvalue weighted by Crippen LogP contribution is 2.24. The second kappa shape index (κ2) is 7.30. The van der Waals surface area contributed by atoms with Gasteiger partial charge in [-0.3, -0.25) is 9.59 Å². The molecule has 1 saturated carbocycles. The first-order chi connectivity index (χ1) is 8.13. The van der Waals surface area contributed by atoms with Crippen molar-refractivity contribution in [1.82, 2.24) is 10.6 Å². The number of nitrogens with one attached hydrogen (secondary N) is 2. The van der Waals surface area contributed by atoms with Gasteiger partial charge in [0.2, 0.25) is 11.8 Å². The summed E-state index contributed by atoms with van der Waals surface area (Å²) in [6, 6.07) is 0.216. The monoisotopic (exact) mass is 240 g/mol. The van der Waals surface area contributed by atoms with E-state index in [1.807, 2.05) is 13.8 Å². The second-order valence-electron chi connectivity index (χ2n) is 4.90. The van der Waals surface area contributed by atoms with Crippen LogP contribution in [0, 0.1) is 5.92 Å². The zero-order valence-electron chi connectivity index (χ0n) is 10.9. The summed E-state index contributed by atoms with van der Waals surface area (Å²) in [5.74, 6) is 0.331. The number of rotatable bonds is 6. The van der Waals surface area contributed by atoms with Gasteiger partial charge in [0.05, 0.1) is 0 Å². The topological polar surface area (TPSA) is 58.2 Å². The zero-order chi connectivity index (χ0) is 12.7. The maximum atomic E-state index is 11.7. The fraction of sp³-hybridized carbons (Fsp3) is 0.846. The fourth-order valence-corrected chi connectivity index (χ4v) is 2.08. The molecule has 1 rings (SSSR count). The van der Waals surface area contributed by atoms with E-state index >= 15 is 0 Å². The van der Waals surface area contributed by atoms with E-state index in [0.29, 0.717) is 13.0 Å². The van der Waals surface area contributed by atoms with Crippen LogP contribution in [0.25, 0.3) is 0 Å². The van der Waals surface area contributed by atoms with Crippen LogP contribution in [0.3, 0.4) is 0 Å². The van der Waals surface area contributed by atoms with E-state index in [1.165, 1.54) is 0 Å². The molecule has 0 aromatic carbocycles. The summed E-state index contributed by atoms with van der Waals surface area (Å²) in [7, 11) is 0. The zero-order valence-corrected chi connectivity index (χ0v) is 10.9. The molecule has 1 unspecified atom stereocenters. The smallest absolute Gasteiger partial charge is 0.223 e. The molecule has 2 amide bonds. The van der Waals surface area contributed by atoms with E-state index in [0.717, 1.165) is 32.1 Å². The Morgan fingerprint density at radius 2 is 1.94 bits per heavy atom. The minimum absolute atomic E-state index is 0.0195. The molecular weight excluding hydrogens is 216 g/mol. The molecule has 1 aliphatic rings. The van der Waals surface area contributed by atoms with Crippen molar-refractivity contribution in [2.45, 2.75) is 58.4 Å². The molecule has 0 radical (unpaired) electrons. The molecule has 0 heterocycles. The van der Waals surface area contributed by atoms with Gasteiger partial charge in [-0.15, -0.1) is 0 Å². The van der Waals surface area contributed by atoms with Gasteiger partial charge in [-0.25, -0.2) is 0 Å². The molecule has 1 fully saturated rings. The van der Waals surface area contributed by atoms with Crippen molar-refractivity contribution in [3.05, 3.63) is 0 Å². The summed E-state index contributed by atoms with van der Waals surface area (Å²) in [4.78, 5) is 23.1. The van der Waals surface area contributed by atoms with Crippen LogP contribution < -0.4 is 10.6 Å². The van der Waals surface area contributed by atoms with Crippen molar-refractivity contribution in [3.63, 3.8) is 0 Å². The minimum atomic E-state index is 0.0195. The first kappa shape index (κ1) is 14.0. The lowest BCUT2D eigenvalue weighted by Gasteiger charge is -2.12. The van der Waals surface area contributed by atoms with Crippen LogP contribution in [-0.2, 0) is 9.59 Å². The summed E-state index contributed by atoms with van der Waals surface area (Å²) in [6.45, 7) is 4.47. The molecule has 2 N–H and O–H groups in total. The van der Waals surface area contributed by atoms with Crippen molar-refractivity contribution in [2.24, 2.45) is 5.92 Å². The van der Waals surface area contributed by atoms with Crippen LogP contribution in [0.4, 0.5) is 0 Å². The first-order valence-electron chi connectivity index (χ1n) is 6.70. The predicted octanol–water partition coefficient (Wildman–Crippen LogP) is 1.60. The van der Waals surface area contributed by atoms with E-state index in [2.05, 4.69) is 10.6 Å². The molecule has 4 nitrogen and oxygen atoms in total. The van der Waals surface area contributed by atoms with Gasteiger partial charge >= 0.3 is 0 Å². The minimum Gasteiger partial charge on any atom is -0.355 e. The Labute approximate surface area is 104 Å². The lowest BCUT2D eigenvalue weighted by atomic mass is 10.1. The van der Waals surface area contributed by atoms with Gasteiger partial charge in [-0.1, -0.05) is 19.8 Å². The Balaban J connectivity index is 2.10. The number of carbonyl (C=O) groups is 2. The van der Waals surface area contributed by atoms with Crippen LogP contribution in [0.1, 0.15) is 52.4 Å². The highest BCUT2D eigenvalue weighted by molar-refractivity contribution is 5.80. The van der Waals surface area contributed by atoms with Crippen LogP contribution in [-0.4, -0.2) is 24.4 Å². The average molecular weight is 240 g/mol. The Bertz CT molecular complexity index is 260. The summed E-state index contributed by atoms with van der Waals surface area (Å²) in [5, 5.41) is 5.73. The van der Waals surface area contributed by atoms with E-state index < -0.39 is 0 Å². The fourth-order valence-electron chi connectivity index (χ4n) is 2.08. The molecule has 0 aromatic rings. The quantitative estimate of drug-likeness (QED) is 0.741. The van der Waals surface area contributed by atoms with E-state index in [1.54, 1.807) is 0 Å². The second-order valence-corrected chi connectivity index (χ2v) is 4.90. The molecule has 1 aliphatic carbocycles. The number of amides is 2. The summed E-state index contributed by atoms with van der Waals surface area (Å²) < 4.78 is 0. The lowest BCUT2D eigenvalue weighted by Crippen LogP contribution is -2.36. The lowest BCUT2D eigenvalue weighted by molar-refractivity contribution is -0.125. The molecule has 1 atom stereocenters. The molecule has 0 spiro atoms. The Morgan fingerprint density at radius 1 is 1.29 bits per heavy atom. The van der Waals surface area contributed by atoms with E-state index in [-0.39, 0.29) is 23.8 Å². The van der Waals surface area contributed by atoms with Crippen LogP contribution in [0.15, 0.2) is 0 Å². The maximum absolute atomic E-state index is 11.7. The third-order valence-electron chi connectivity index (χ3n) is 3.40. The predicted molar refractivity (Wildman–Crippen MR) is 67.5 cm³/mol. The third-order valence-corrected chi connectivity index (χ3v) is 3.40. The molecule has 0 aromatic heterocycles. The first-order valence-corrected chi connectivity index (χ1v) is 6.70. The number of hydrogen-bond donors (Lipinski definition) is 2. The van der Waals surface area contributed by atoms with Crippen molar-refractivity contribution in [1.29, 1.82) is 0 Å². The normalized spacial score (nSPS) is 17.8. The van der Waals surface area contributed by atoms with Gasteiger partial charge in [0.25, 0.3) is 0 Å². The molecule has 98 valence electrons. The largest absolute Gasteiger partial charge is 0.355 e. The molecule has 0 bridgehead atoms. The van der Waals surface area contributed by atoms with Crippen molar-refractivity contribution < 1.29 is 9.59 Å². The SMILES string of the molecule is CCC(C)NC(=O)CCNC(=O)C1CCCC1. The van der Waals surface area contributed by atoms with Gasteiger partial charge in [0.15, 0.2) is 0 Å². The number of hydrogen-bond acceptors (Lipinski definition) is 2. The highest BCUT2D eigenvalue weighted by Gasteiger charge is 2.22. The molecule has 4 heteroatoms. The maximum Gasteiger partial charge on any atom is 0.223 e. The average Bonchev–Trinajstić information content (AvgIpc) is 2.82. The molecule has 0 aliphatic heterocycles. The van der Waals surface area contributed by atoms with Crippen molar-refractivity contribution in [3.8, 4) is 0 Å². The standard InChI is InChI=1S/C13H24N2O2/c1-3-10(2)15-12(16)8-9-14-13(17)11-6-4-5-7-11/h10-11H,3-9H2,1-2H3,(H,14,17)(H,15,16). The molecular formula is C13H24N2O2. The Morgan fingerprint density at radius 3 is 2.53 bits per heavy atom.